The molecule has 0 radical (unpaired) electrons. The molecule has 0 amide bonds. The molecule has 0 aliphatic rings. The largest absolute Gasteiger partial charge is 0.463 e. The number of rotatable bonds is 2. The molecule has 0 spiro atoms. The second-order valence-corrected chi connectivity index (χ2v) is 4.21. The van der Waals surface area contributed by atoms with Gasteiger partial charge in [-0.05, 0) is 23.3 Å². The van der Waals surface area contributed by atoms with Crippen molar-refractivity contribution in [3.8, 4) is 11.1 Å². The molecule has 0 bridgehead atoms. The number of benzene rings is 2. The number of carbonyl (C=O) groups excluding carboxylic acids is 1. The topological polar surface area (TPSA) is 47.3 Å². The molecule has 1 aromatic heterocycles. The molecule has 2 aromatic carbocycles. The molecule has 3 heteroatoms. The quantitative estimate of drug-likeness (QED) is 0.656. The number of hydrogen-bond donors (Lipinski definition) is 0. The van der Waals surface area contributed by atoms with Crippen LogP contribution >= 0.6 is 0 Å². The summed E-state index contributed by atoms with van der Waals surface area (Å²) in [5.41, 5.74) is 2.24. The number of aldehydes is 1. The van der Waals surface area contributed by atoms with Crippen LogP contribution in [0.25, 0.3) is 22.1 Å². The average Bonchev–Trinajstić information content (AvgIpc) is 2.48. The Hall–Kier alpha value is -2.68. The Balaban J connectivity index is 2.23. The number of carbonyl (C=O) groups is 1. The van der Waals surface area contributed by atoms with Crippen LogP contribution in [0.15, 0.2) is 64.0 Å². The summed E-state index contributed by atoms with van der Waals surface area (Å²) in [6, 6.07) is 15.2. The van der Waals surface area contributed by atoms with Crippen LogP contribution in [-0.2, 0) is 0 Å². The lowest BCUT2D eigenvalue weighted by atomic mass is 10.0. The van der Waals surface area contributed by atoms with Crippen molar-refractivity contribution in [3.05, 3.63) is 70.6 Å². The lowest BCUT2D eigenvalue weighted by molar-refractivity contribution is 0.112. The minimum Gasteiger partial charge on any atom is -0.463 e. The van der Waals surface area contributed by atoms with Crippen LogP contribution in [0.5, 0.6) is 0 Å². The highest BCUT2D eigenvalue weighted by molar-refractivity contribution is 5.87. The van der Waals surface area contributed by atoms with Crippen molar-refractivity contribution < 1.29 is 9.21 Å². The van der Waals surface area contributed by atoms with Gasteiger partial charge < -0.3 is 4.42 Å². The van der Waals surface area contributed by atoms with Gasteiger partial charge in [-0.2, -0.15) is 0 Å². The standard InChI is InChI=1S/C16H10O3/c17-9-13-10-19-15-8-12(6-7-14(15)16(13)18)11-4-2-1-3-5-11/h1-10H. The molecule has 19 heavy (non-hydrogen) atoms. The van der Waals surface area contributed by atoms with Crippen LogP contribution in [0, 0.1) is 0 Å². The maximum Gasteiger partial charge on any atom is 0.203 e. The molecule has 0 aliphatic carbocycles. The van der Waals surface area contributed by atoms with E-state index < -0.39 is 0 Å². The fraction of sp³-hybridized carbons (Fsp3) is 0. The molecule has 1 heterocycles. The van der Waals surface area contributed by atoms with E-state index in [1.54, 1.807) is 12.1 Å². The normalized spacial score (nSPS) is 10.5. The highest BCUT2D eigenvalue weighted by Gasteiger charge is 2.07. The first-order chi connectivity index (χ1) is 9.29. The van der Waals surface area contributed by atoms with Crippen LogP contribution in [0.2, 0.25) is 0 Å². The smallest absolute Gasteiger partial charge is 0.203 e. The van der Waals surface area contributed by atoms with Crippen LogP contribution in [-0.4, -0.2) is 6.29 Å². The molecule has 0 saturated heterocycles. The van der Waals surface area contributed by atoms with E-state index in [2.05, 4.69) is 0 Å². The fourth-order valence-corrected chi connectivity index (χ4v) is 2.03. The average molecular weight is 250 g/mol. The van der Waals surface area contributed by atoms with E-state index in [4.69, 9.17) is 4.42 Å². The highest BCUT2D eigenvalue weighted by atomic mass is 16.3. The van der Waals surface area contributed by atoms with E-state index in [1.165, 1.54) is 6.26 Å². The van der Waals surface area contributed by atoms with E-state index >= 15 is 0 Å². The van der Waals surface area contributed by atoms with Crippen LogP contribution in [0.1, 0.15) is 10.4 Å². The Morgan fingerprint density at radius 2 is 1.74 bits per heavy atom. The molecule has 3 aromatic rings. The first-order valence-corrected chi connectivity index (χ1v) is 5.86. The number of fused-ring (bicyclic) bond motifs is 1. The van der Waals surface area contributed by atoms with Gasteiger partial charge in [0.25, 0.3) is 0 Å². The molecule has 3 rings (SSSR count). The van der Waals surface area contributed by atoms with Crippen molar-refractivity contribution in [2.24, 2.45) is 0 Å². The maximum absolute atomic E-state index is 11.9. The van der Waals surface area contributed by atoms with Gasteiger partial charge in [0, 0.05) is 0 Å². The van der Waals surface area contributed by atoms with E-state index in [-0.39, 0.29) is 11.0 Å². The second-order valence-electron chi connectivity index (χ2n) is 4.21. The molecular formula is C16H10O3. The third-order valence-electron chi connectivity index (χ3n) is 3.04. The van der Waals surface area contributed by atoms with E-state index in [0.29, 0.717) is 17.3 Å². The third-order valence-corrected chi connectivity index (χ3v) is 3.04. The van der Waals surface area contributed by atoms with Crippen molar-refractivity contribution in [1.82, 2.24) is 0 Å². The summed E-state index contributed by atoms with van der Waals surface area (Å²) in [6.45, 7) is 0. The van der Waals surface area contributed by atoms with Crippen molar-refractivity contribution in [2.45, 2.75) is 0 Å². The Bertz CT molecular complexity index is 801. The zero-order valence-corrected chi connectivity index (χ0v) is 10.00. The van der Waals surface area contributed by atoms with Gasteiger partial charge in [-0.25, -0.2) is 0 Å². The molecule has 0 N–H and O–H groups in total. The second kappa shape index (κ2) is 4.53. The van der Waals surface area contributed by atoms with Gasteiger partial charge >= 0.3 is 0 Å². The van der Waals surface area contributed by atoms with Crippen molar-refractivity contribution in [1.29, 1.82) is 0 Å². The first-order valence-electron chi connectivity index (χ1n) is 5.86. The minimum atomic E-state index is -0.295. The van der Waals surface area contributed by atoms with E-state index in [0.717, 1.165) is 11.1 Å². The molecule has 0 saturated carbocycles. The van der Waals surface area contributed by atoms with Crippen LogP contribution in [0.4, 0.5) is 0 Å². The van der Waals surface area contributed by atoms with Crippen molar-refractivity contribution in [2.75, 3.05) is 0 Å². The van der Waals surface area contributed by atoms with Gasteiger partial charge in [0.2, 0.25) is 5.43 Å². The summed E-state index contributed by atoms with van der Waals surface area (Å²) in [5.74, 6) is 0. The van der Waals surface area contributed by atoms with Gasteiger partial charge in [0.15, 0.2) is 6.29 Å². The summed E-state index contributed by atoms with van der Waals surface area (Å²) in [5, 5.41) is 0.421. The van der Waals surface area contributed by atoms with E-state index in [1.807, 2.05) is 36.4 Å². The lowest BCUT2D eigenvalue weighted by Crippen LogP contribution is -2.07. The fourth-order valence-electron chi connectivity index (χ4n) is 2.03. The van der Waals surface area contributed by atoms with Crippen LogP contribution in [0.3, 0.4) is 0 Å². The zero-order chi connectivity index (χ0) is 13.2. The summed E-state index contributed by atoms with van der Waals surface area (Å²) >= 11 is 0. The highest BCUT2D eigenvalue weighted by Crippen LogP contribution is 2.22. The maximum atomic E-state index is 11.9. The summed E-state index contributed by atoms with van der Waals surface area (Å²) in [4.78, 5) is 22.6. The predicted molar refractivity (Wildman–Crippen MR) is 73.3 cm³/mol. The molecule has 0 aliphatic heterocycles. The summed E-state index contributed by atoms with van der Waals surface area (Å²) in [6.07, 6.45) is 1.71. The Kier molecular flexibility index (Phi) is 2.72. The molecule has 0 unspecified atom stereocenters. The van der Waals surface area contributed by atoms with E-state index in [9.17, 15) is 9.59 Å². The minimum absolute atomic E-state index is 0.0416. The summed E-state index contributed by atoms with van der Waals surface area (Å²) in [7, 11) is 0. The molecule has 3 nitrogen and oxygen atoms in total. The number of hydrogen-bond acceptors (Lipinski definition) is 3. The Morgan fingerprint density at radius 3 is 2.47 bits per heavy atom. The van der Waals surface area contributed by atoms with Crippen molar-refractivity contribution >= 4 is 17.3 Å². The van der Waals surface area contributed by atoms with Crippen LogP contribution < -0.4 is 5.43 Å². The van der Waals surface area contributed by atoms with Gasteiger partial charge in [0.05, 0.1) is 10.9 Å². The SMILES string of the molecule is O=Cc1coc2cc(-c3ccccc3)ccc2c1=O. The van der Waals surface area contributed by atoms with Crippen molar-refractivity contribution in [3.63, 3.8) is 0 Å². The Morgan fingerprint density at radius 1 is 0.947 bits per heavy atom. The van der Waals surface area contributed by atoms with Gasteiger partial charge in [-0.1, -0.05) is 36.4 Å². The third kappa shape index (κ3) is 1.95. The van der Waals surface area contributed by atoms with Gasteiger partial charge in [0.1, 0.15) is 11.8 Å². The van der Waals surface area contributed by atoms with Gasteiger partial charge in [-0.3, -0.25) is 9.59 Å². The monoisotopic (exact) mass is 250 g/mol. The summed E-state index contributed by atoms with van der Waals surface area (Å²) < 4.78 is 5.35. The predicted octanol–water partition coefficient (Wildman–Crippen LogP) is 3.27. The molecule has 0 fully saturated rings. The van der Waals surface area contributed by atoms with Gasteiger partial charge in [-0.15, -0.1) is 0 Å². The Labute approximate surface area is 109 Å². The lowest BCUT2D eigenvalue weighted by Gasteiger charge is -2.03. The molecular weight excluding hydrogens is 240 g/mol. The molecule has 0 atom stereocenters. The molecule has 92 valence electrons. The zero-order valence-electron chi connectivity index (χ0n) is 10.00. The first kappa shape index (κ1) is 11.4.